The van der Waals surface area contributed by atoms with E-state index in [0.29, 0.717) is 13.0 Å². The number of halogens is 1. The molecule has 20 heavy (non-hydrogen) atoms. The molecule has 104 valence electrons. The van der Waals surface area contributed by atoms with E-state index < -0.39 is 5.41 Å². The summed E-state index contributed by atoms with van der Waals surface area (Å²) in [6.45, 7) is 2.54. The van der Waals surface area contributed by atoms with Crippen molar-refractivity contribution in [3.05, 3.63) is 46.0 Å². The first-order valence-corrected chi connectivity index (χ1v) is 8.06. The fraction of sp³-hybridized carbons (Fsp3) is 0.333. The Balaban J connectivity index is 2.05. The first-order valence-electron chi connectivity index (χ1n) is 6.39. The number of hydrogen-bond acceptors (Lipinski definition) is 4. The summed E-state index contributed by atoms with van der Waals surface area (Å²) in [5.74, 6) is 0. The van der Waals surface area contributed by atoms with Gasteiger partial charge in [0.15, 0.2) is 5.06 Å². The van der Waals surface area contributed by atoms with Gasteiger partial charge in [0, 0.05) is 34.7 Å². The zero-order valence-electron chi connectivity index (χ0n) is 11.2. The molecule has 3 nitrogen and oxygen atoms in total. The Morgan fingerprint density at radius 2 is 2.40 bits per heavy atom. The third-order valence-corrected chi connectivity index (χ3v) is 4.95. The molecular weight excluding hydrogens is 336 g/mol. The van der Waals surface area contributed by atoms with Crippen LogP contribution in [0.5, 0.6) is 5.06 Å². The Bertz CT molecular complexity index is 593. The molecule has 2 heterocycles. The number of ether oxygens (including phenoxy) is 1. The van der Waals surface area contributed by atoms with Gasteiger partial charge in [-0.2, -0.15) is 5.26 Å². The third-order valence-electron chi connectivity index (χ3n) is 3.35. The smallest absolute Gasteiger partial charge is 0.174 e. The quantitative estimate of drug-likeness (QED) is 0.767. The topological polar surface area (TPSA) is 45.9 Å². The van der Waals surface area contributed by atoms with Crippen molar-refractivity contribution in [2.45, 2.75) is 25.2 Å². The number of nitriles is 1. The van der Waals surface area contributed by atoms with Crippen molar-refractivity contribution >= 4 is 27.3 Å². The van der Waals surface area contributed by atoms with Crippen LogP contribution in [0, 0.1) is 11.3 Å². The summed E-state index contributed by atoms with van der Waals surface area (Å²) in [4.78, 5) is 4.12. The maximum absolute atomic E-state index is 9.59. The van der Waals surface area contributed by atoms with Crippen molar-refractivity contribution in [2.75, 3.05) is 6.61 Å². The maximum atomic E-state index is 9.59. The van der Waals surface area contributed by atoms with Gasteiger partial charge in [0.25, 0.3) is 0 Å². The average molecular weight is 351 g/mol. The van der Waals surface area contributed by atoms with Crippen LogP contribution in [0.15, 0.2) is 40.4 Å². The lowest BCUT2D eigenvalue weighted by Gasteiger charge is -2.25. The van der Waals surface area contributed by atoms with Gasteiger partial charge in [0.2, 0.25) is 0 Å². The Hall–Kier alpha value is -1.38. The normalized spacial score (nSPS) is 13.4. The van der Waals surface area contributed by atoms with E-state index >= 15 is 0 Å². The summed E-state index contributed by atoms with van der Waals surface area (Å²) in [5, 5.41) is 12.4. The minimum atomic E-state index is -0.525. The molecule has 0 spiro atoms. The Labute approximate surface area is 131 Å². The number of aromatic nitrogens is 1. The van der Waals surface area contributed by atoms with E-state index in [-0.39, 0.29) is 0 Å². The summed E-state index contributed by atoms with van der Waals surface area (Å²) >= 11 is 4.94. The highest BCUT2D eigenvalue weighted by Crippen LogP contribution is 2.32. The highest BCUT2D eigenvalue weighted by molar-refractivity contribution is 9.10. The lowest BCUT2D eigenvalue weighted by molar-refractivity contribution is 0.283. The molecule has 0 aromatic carbocycles. The van der Waals surface area contributed by atoms with E-state index in [4.69, 9.17) is 4.74 Å². The molecular formula is C15H15BrN2OS. The SMILES string of the molecule is CCC(C#N)(CCOc1cc(Br)cs1)c1cccnc1. The molecule has 1 unspecified atom stereocenters. The van der Waals surface area contributed by atoms with Crippen molar-refractivity contribution in [3.8, 4) is 11.1 Å². The van der Waals surface area contributed by atoms with Gasteiger partial charge in [-0.1, -0.05) is 13.0 Å². The van der Waals surface area contributed by atoms with E-state index in [1.165, 1.54) is 0 Å². The Kier molecular flexibility index (Phi) is 5.16. The van der Waals surface area contributed by atoms with Gasteiger partial charge in [0.05, 0.1) is 18.1 Å². The van der Waals surface area contributed by atoms with Gasteiger partial charge >= 0.3 is 0 Å². The monoisotopic (exact) mass is 350 g/mol. The van der Waals surface area contributed by atoms with E-state index in [0.717, 1.165) is 21.5 Å². The van der Waals surface area contributed by atoms with Crippen LogP contribution in [0.1, 0.15) is 25.3 Å². The van der Waals surface area contributed by atoms with Crippen LogP contribution in [0.3, 0.4) is 0 Å². The number of thiophene rings is 1. The summed E-state index contributed by atoms with van der Waals surface area (Å²) in [7, 11) is 0. The molecule has 2 aromatic heterocycles. The minimum Gasteiger partial charge on any atom is -0.484 e. The molecule has 0 radical (unpaired) electrons. The predicted octanol–water partition coefficient (Wildman–Crippen LogP) is 4.55. The summed E-state index contributed by atoms with van der Waals surface area (Å²) in [5.41, 5.74) is 0.434. The fourth-order valence-corrected chi connectivity index (χ4v) is 3.35. The molecule has 2 rings (SSSR count). The molecule has 0 saturated heterocycles. The van der Waals surface area contributed by atoms with Crippen LogP contribution in [0.25, 0.3) is 0 Å². The second-order valence-corrected chi connectivity index (χ2v) is 6.26. The van der Waals surface area contributed by atoms with Gasteiger partial charge in [0.1, 0.15) is 0 Å². The predicted molar refractivity (Wildman–Crippen MR) is 84.0 cm³/mol. The molecule has 0 aliphatic carbocycles. The summed E-state index contributed by atoms with van der Waals surface area (Å²) in [6.07, 6.45) is 4.89. The van der Waals surface area contributed by atoms with Crippen LogP contribution in [-0.2, 0) is 5.41 Å². The number of nitrogens with zero attached hydrogens (tertiary/aromatic N) is 2. The first kappa shape index (κ1) is 15.0. The molecule has 0 aliphatic rings. The standard InChI is InChI=1S/C15H15BrN2OS/c1-2-15(11-17,12-4-3-6-18-9-12)5-7-19-14-8-13(16)10-20-14/h3-4,6,8-10H,2,5,7H2,1H3. The zero-order chi connectivity index (χ0) is 14.4. The van der Waals surface area contributed by atoms with E-state index in [1.807, 2.05) is 30.5 Å². The molecule has 0 saturated carbocycles. The highest BCUT2D eigenvalue weighted by atomic mass is 79.9. The van der Waals surface area contributed by atoms with Crippen molar-refractivity contribution in [3.63, 3.8) is 0 Å². The van der Waals surface area contributed by atoms with Gasteiger partial charge in [-0.3, -0.25) is 4.98 Å². The third kappa shape index (κ3) is 3.38. The van der Waals surface area contributed by atoms with E-state index in [9.17, 15) is 5.26 Å². The van der Waals surface area contributed by atoms with Crippen LogP contribution in [0.4, 0.5) is 0 Å². The zero-order valence-corrected chi connectivity index (χ0v) is 13.6. The molecule has 1 atom stereocenters. The first-order chi connectivity index (χ1) is 9.70. The molecule has 0 bridgehead atoms. The van der Waals surface area contributed by atoms with Crippen LogP contribution in [-0.4, -0.2) is 11.6 Å². The maximum Gasteiger partial charge on any atom is 0.174 e. The second kappa shape index (κ2) is 6.87. The number of rotatable bonds is 6. The average Bonchev–Trinajstić information content (AvgIpc) is 2.90. The number of pyridine rings is 1. The minimum absolute atomic E-state index is 0.517. The lowest BCUT2D eigenvalue weighted by atomic mass is 9.78. The molecule has 0 N–H and O–H groups in total. The van der Waals surface area contributed by atoms with Gasteiger partial charge in [-0.05, 0) is 34.0 Å². The Morgan fingerprint density at radius 1 is 1.55 bits per heavy atom. The molecule has 5 heteroatoms. The lowest BCUT2D eigenvalue weighted by Crippen LogP contribution is -2.26. The Morgan fingerprint density at radius 3 is 2.95 bits per heavy atom. The fourth-order valence-electron chi connectivity index (χ4n) is 2.07. The summed E-state index contributed by atoms with van der Waals surface area (Å²) < 4.78 is 6.74. The molecule has 0 aliphatic heterocycles. The van der Waals surface area contributed by atoms with Crippen molar-refractivity contribution in [2.24, 2.45) is 0 Å². The highest BCUT2D eigenvalue weighted by Gasteiger charge is 2.30. The molecule has 2 aromatic rings. The summed E-state index contributed by atoms with van der Waals surface area (Å²) in [6, 6.07) is 8.22. The van der Waals surface area contributed by atoms with Gasteiger partial charge in [-0.25, -0.2) is 0 Å². The number of hydrogen-bond donors (Lipinski definition) is 0. The molecule has 0 fully saturated rings. The van der Waals surface area contributed by atoms with Crippen molar-refractivity contribution in [1.82, 2.24) is 4.98 Å². The van der Waals surface area contributed by atoms with Crippen LogP contribution < -0.4 is 4.74 Å². The van der Waals surface area contributed by atoms with Crippen LogP contribution >= 0.6 is 27.3 Å². The van der Waals surface area contributed by atoms with Crippen LogP contribution in [0.2, 0.25) is 0 Å². The van der Waals surface area contributed by atoms with Gasteiger partial charge in [-0.15, -0.1) is 11.3 Å². The van der Waals surface area contributed by atoms with E-state index in [1.54, 1.807) is 23.7 Å². The van der Waals surface area contributed by atoms with Crippen molar-refractivity contribution < 1.29 is 4.74 Å². The molecule has 0 amide bonds. The van der Waals surface area contributed by atoms with E-state index in [2.05, 4.69) is 27.0 Å². The van der Waals surface area contributed by atoms with Gasteiger partial charge < -0.3 is 4.74 Å². The van der Waals surface area contributed by atoms with Crippen molar-refractivity contribution in [1.29, 1.82) is 5.26 Å². The second-order valence-electron chi connectivity index (χ2n) is 4.47. The largest absolute Gasteiger partial charge is 0.484 e.